The molecule has 0 bridgehead atoms. The van der Waals surface area contributed by atoms with Gasteiger partial charge in [-0.1, -0.05) is 67.2 Å². The van der Waals surface area contributed by atoms with Crippen LogP contribution in [0.4, 0.5) is 0 Å². The Morgan fingerprint density at radius 3 is 2.00 bits per heavy atom. The first kappa shape index (κ1) is 11.5. The van der Waals surface area contributed by atoms with Gasteiger partial charge in [0.15, 0.2) is 0 Å². The van der Waals surface area contributed by atoms with Crippen molar-refractivity contribution in [3.63, 3.8) is 0 Å². The van der Waals surface area contributed by atoms with E-state index in [2.05, 4.69) is 41.5 Å². The Kier molecular flexibility index (Phi) is 3.42. The van der Waals surface area contributed by atoms with Gasteiger partial charge in [-0.3, -0.25) is 0 Å². The van der Waals surface area contributed by atoms with E-state index in [-0.39, 0.29) is 16.7 Å². The first-order valence-corrected chi connectivity index (χ1v) is 6.67. The molecule has 1 aliphatic carbocycles. The monoisotopic (exact) mass is 211 g/mol. The Labute approximate surface area is 98.2 Å². The molecule has 2 atom stereocenters. The highest BCUT2D eigenvalue weighted by molar-refractivity contribution is 4.93. The van der Waals surface area contributed by atoms with Gasteiger partial charge in [0.1, 0.15) is 0 Å². The average molecular weight is 211 g/mol. The van der Waals surface area contributed by atoms with Crippen molar-refractivity contribution in [1.29, 1.82) is 0 Å². The normalized spacial score (nSPS) is 28.3. The third-order valence-electron chi connectivity index (χ3n) is 5.20. The molecule has 0 aromatic rings. The van der Waals surface area contributed by atoms with Crippen molar-refractivity contribution in [2.45, 2.75) is 73.6 Å². The topological polar surface area (TPSA) is 0 Å². The van der Waals surface area contributed by atoms with Crippen LogP contribution in [0.2, 0.25) is 0 Å². The molecule has 0 spiro atoms. The molecule has 0 radical (unpaired) electrons. The van der Waals surface area contributed by atoms with Gasteiger partial charge in [-0.25, -0.2) is 0 Å². The molecule has 0 amide bonds. The number of hydrogen-bond donors (Lipinski definition) is 0. The lowest BCUT2D eigenvalue weighted by molar-refractivity contribution is 0.00850. The molecule has 0 heteroatoms. The molecular weight excluding hydrogens is 180 g/mol. The fraction of sp³-hybridized carbons (Fsp3) is 1.00. The molecule has 0 aromatic carbocycles. The highest BCUT2D eigenvalue weighted by Gasteiger charge is 2.43. The zero-order valence-electron chi connectivity index (χ0n) is 12.6. The molecule has 90 valence electrons. The molecule has 0 saturated heterocycles. The van der Waals surface area contributed by atoms with E-state index in [9.17, 15) is 0 Å². The van der Waals surface area contributed by atoms with Gasteiger partial charge in [0, 0.05) is 1.37 Å². The van der Waals surface area contributed by atoms with Gasteiger partial charge in [-0.15, -0.1) is 0 Å². The third kappa shape index (κ3) is 2.40. The van der Waals surface area contributed by atoms with Crippen LogP contribution < -0.4 is 0 Å². The van der Waals surface area contributed by atoms with Crippen LogP contribution >= 0.6 is 0 Å². The van der Waals surface area contributed by atoms with E-state index in [4.69, 9.17) is 1.37 Å². The lowest BCUT2D eigenvalue weighted by atomic mass is 9.57. The van der Waals surface area contributed by atoms with Crippen molar-refractivity contribution in [3.05, 3.63) is 0 Å². The van der Waals surface area contributed by atoms with Crippen molar-refractivity contribution in [2.75, 3.05) is 0 Å². The Balaban J connectivity index is 3.02. The summed E-state index contributed by atoms with van der Waals surface area (Å²) in [5.41, 5.74) is 0.315. The molecule has 1 saturated carbocycles. The summed E-state index contributed by atoms with van der Waals surface area (Å²) in [4.78, 5) is 0. The highest BCUT2D eigenvalue weighted by Crippen LogP contribution is 2.52. The van der Waals surface area contributed by atoms with E-state index in [0.29, 0.717) is 5.92 Å². The van der Waals surface area contributed by atoms with Gasteiger partial charge in [-0.2, -0.15) is 0 Å². The predicted molar refractivity (Wildman–Crippen MR) is 69.0 cm³/mol. The van der Waals surface area contributed by atoms with Gasteiger partial charge in [0.05, 0.1) is 0 Å². The summed E-state index contributed by atoms with van der Waals surface area (Å²) in [6.07, 6.45) is 6.32. The molecule has 1 aliphatic rings. The fourth-order valence-electron chi connectivity index (χ4n) is 3.21. The first-order chi connectivity index (χ1) is 7.17. The Morgan fingerprint density at radius 2 is 1.67 bits per heavy atom. The average Bonchev–Trinajstić information content (AvgIpc) is 2.67. The summed E-state index contributed by atoms with van der Waals surface area (Å²) >= 11 is 0. The smallest absolute Gasteiger partial charge is 0.0308 e. The molecule has 0 nitrogen and oxygen atoms in total. The third-order valence-corrected chi connectivity index (χ3v) is 5.20. The van der Waals surface area contributed by atoms with Crippen molar-refractivity contribution in [3.8, 4) is 0 Å². The minimum Gasteiger partial charge on any atom is -0.0648 e. The minimum atomic E-state index is -0.281. The summed E-state index contributed by atoms with van der Waals surface area (Å²) in [6, 6.07) is 0. The minimum absolute atomic E-state index is 0.106. The summed E-state index contributed by atoms with van der Waals surface area (Å²) in [5, 5.41) is 0. The summed E-state index contributed by atoms with van der Waals surface area (Å²) in [5.74, 6) is 0.327. The van der Waals surface area contributed by atoms with Crippen molar-refractivity contribution >= 4 is 0 Å². The lowest BCUT2D eigenvalue weighted by Crippen LogP contribution is -2.40. The van der Waals surface area contributed by atoms with E-state index in [1.54, 1.807) is 0 Å². The molecule has 15 heavy (non-hydrogen) atoms. The summed E-state index contributed by atoms with van der Waals surface area (Å²) < 4.78 is 8.93. The Hall–Kier alpha value is 0. The molecule has 2 unspecified atom stereocenters. The fourth-order valence-corrected chi connectivity index (χ4v) is 3.21. The van der Waals surface area contributed by atoms with E-state index in [1.807, 2.05) is 0 Å². The van der Waals surface area contributed by atoms with E-state index >= 15 is 0 Å². The quantitative estimate of drug-likeness (QED) is 0.596. The Bertz CT molecular complexity index is 230. The highest BCUT2D eigenvalue weighted by atomic mass is 14.5. The van der Waals surface area contributed by atoms with Crippen LogP contribution in [0.15, 0.2) is 0 Å². The Morgan fingerprint density at radius 1 is 1.20 bits per heavy atom. The second kappa shape index (κ2) is 4.47. The number of rotatable bonds is 3. The first-order valence-electron chi connectivity index (χ1n) is 7.17. The molecule has 0 N–H and O–H groups in total. The van der Waals surface area contributed by atoms with Crippen LogP contribution in [0.3, 0.4) is 0 Å². The van der Waals surface area contributed by atoms with Crippen LogP contribution in [-0.4, -0.2) is 0 Å². The SMILES string of the molecule is [2H]C(C)(C1CCCC1)C(C)(CC)C(C)(C)C. The second-order valence-corrected chi connectivity index (χ2v) is 6.60. The van der Waals surface area contributed by atoms with Crippen molar-refractivity contribution in [1.82, 2.24) is 0 Å². The van der Waals surface area contributed by atoms with Gasteiger partial charge >= 0.3 is 0 Å². The van der Waals surface area contributed by atoms with Gasteiger partial charge in [0.25, 0.3) is 0 Å². The molecule has 1 fully saturated rings. The van der Waals surface area contributed by atoms with Gasteiger partial charge in [-0.05, 0) is 29.1 Å². The van der Waals surface area contributed by atoms with Gasteiger partial charge in [0.2, 0.25) is 0 Å². The maximum atomic E-state index is 8.93. The standard InChI is InChI=1S/C15H30/c1-7-15(6,14(3,4)5)12(2)13-10-8-9-11-13/h12-13H,7-11H2,1-6H3/i12D. The molecule has 0 aromatic heterocycles. The van der Waals surface area contributed by atoms with Crippen molar-refractivity contribution < 1.29 is 1.37 Å². The van der Waals surface area contributed by atoms with Crippen LogP contribution in [0, 0.1) is 22.6 Å². The molecule has 1 rings (SSSR count). The molecule has 0 aliphatic heterocycles. The van der Waals surface area contributed by atoms with Crippen LogP contribution in [0.25, 0.3) is 0 Å². The van der Waals surface area contributed by atoms with Crippen LogP contribution in [-0.2, 0) is 0 Å². The summed E-state index contributed by atoms with van der Waals surface area (Å²) in [7, 11) is 0. The molecular formula is C15H30. The predicted octanol–water partition coefficient (Wildman–Crippen LogP) is 5.28. The van der Waals surface area contributed by atoms with E-state index in [0.717, 1.165) is 6.42 Å². The summed E-state index contributed by atoms with van der Waals surface area (Å²) in [6.45, 7) is 13.7. The van der Waals surface area contributed by atoms with Gasteiger partial charge < -0.3 is 0 Å². The zero-order valence-corrected chi connectivity index (χ0v) is 11.6. The van der Waals surface area contributed by atoms with Crippen molar-refractivity contribution in [2.24, 2.45) is 22.6 Å². The van der Waals surface area contributed by atoms with Crippen LogP contribution in [0.5, 0.6) is 0 Å². The zero-order chi connectivity index (χ0) is 12.6. The van der Waals surface area contributed by atoms with E-state index < -0.39 is 0 Å². The number of hydrogen-bond acceptors (Lipinski definition) is 0. The maximum Gasteiger partial charge on any atom is 0.0308 e. The van der Waals surface area contributed by atoms with Crippen LogP contribution in [0.1, 0.15) is 75.0 Å². The maximum absolute atomic E-state index is 8.93. The lowest BCUT2D eigenvalue weighted by Gasteiger charge is -2.48. The largest absolute Gasteiger partial charge is 0.0648 e. The van der Waals surface area contributed by atoms with E-state index in [1.165, 1.54) is 25.7 Å². The second-order valence-electron chi connectivity index (χ2n) is 6.60. The molecule has 0 heterocycles.